The van der Waals surface area contributed by atoms with E-state index in [0.717, 1.165) is 0 Å². The highest BCUT2D eigenvalue weighted by molar-refractivity contribution is 6.33. The zero-order valence-electron chi connectivity index (χ0n) is 7.30. The van der Waals surface area contributed by atoms with Crippen LogP contribution in [0.2, 0.25) is 5.02 Å². The third-order valence-electron chi connectivity index (χ3n) is 1.56. The van der Waals surface area contributed by atoms with E-state index >= 15 is 0 Å². The van der Waals surface area contributed by atoms with Gasteiger partial charge in [0.15, 0.2) is 12.1 Å². The number of amides is 1. The molecule has 0 fully saturated rings. The summed E-state index contributed by atoms with van der Waals surface area (Å²) < 4.78 is 13.4. The van der Waals surface area contributed by atoms with Gasteiger partial charge in [0.1, 0.15) is 0 Å². The highest BCUT2D eigenvalue weighted by Crippen LogP contribution is 2.23. The van der Waals surface area contributed by atoms with Gasteiger partial charge in [-0.2, -0.15) is 0 Å². The number of hydrogen-bond donors (Lipinski definition) is 1. The van der Waals surface area contributed by atoms with Gasteiger partial charge in [0, 0.05) is 6.92 Å². The number of rotatable bonds is 2. The number of aldehydes is 1. The topological polar surface area (TPSA) is 46.2 Å². The maximum Gasteiger partial charge on any atom is 0.221 e. The molecule has 1 amide bonds. The molecule has 0 saturated carbocycles. The summed E-state index contributed by atoms with van der Waals surface area (Å²) in [5.41, 5.74) is -0.304. The SMILES string of the molecule is CC(=O)Nc1ccc(Cl)c(C=O)c1F. The van der Waals surface area contributed by atoms with Gasteiger partial charge in [-0.05, 0) is 12.1 Å². The molecule has 0 spiro atoms. The van der Waals surface area contributed by atoms with Crippen LogP contribution in [-0.4, -0.2) is 12.2 Å². The zero-order chi connectivity index (χ0) is 10.7. The second-order valence-electron chi connectivity index (χ2n) is 2.62. The Morgan fingerprint density at radius 2 is 2.21 bits per heavy atom. The lowest BCUT2D eigenvalue weighted by atomic mass is 10.2. The third kappa shape index (κ3) is 2.09. The molecule has 0 aromatic heterocycles. The first kappa shape index (κ1) is 10.7. The van der Waals surface area contributed by atoms with Gasteiger partial charge in [-0.3, -0.25) is 9.59 Å². The van der Waals surface area contributed by atoms with Crippen molar-refractivity contribution in [2.45, 2.75) is 6.92 Å². The average molecular weight is 216 g/mol. The van der Waals surface area contributed by atoms with E-state index in [1.807, 2.05) is 0 Å². The maximum absolute atomic E-state index is 13.4. The third-order valence-corrected chi connectivity index (χ3v) is 1.88. The second-order valence-corrected chi connectivity index (χ2v) is 3.03. The Balaban J connectivity index is 3.20. The molecule has 0 bridgehead atoms. The van der Waals surface area contributed by atoms with Crippen molar-refractivity contribution >= 4 is 29.5 Å². The number of anilines is 1. The zero-order valence-corrected chi connectivity index (χ0v) is 8.06. The Labute approximate surface area is 84.9 Å². The molecule has 3 nitrogen and oxygen atoms in total. The van der Waals surface area contributed by atoms with E-state index in [9.17, 15) is 14.0 Å². The lowest BCUT2D eigenvalue weighted by molar-refractivity contribution is -0.114. The summed E-state index contributed by atoms with van der Waals surface area (Å²) in [6, 6.07) is 2.64. The van der Waals surface area contributed by atoms with E-state index in [2.05, 4.69) is 5.32 Å². The summed E-state index contributed by atoms with van der Waals surface area (Å²) >= 11 is 5.55. The van der Waals surface area contributed by atoms with Crippen molar-refractivity contribution in [1.82, 2.24) is 0 Å². The fraction of sp³-hybridized carbons (Fsp3) is 0.111. The van der Waals surface area contributed by atoms with E-state index in [1.54, 1.807) is 0 Å². The summed E-state index contributed by atoms with van der Waals surface area (Å²) in [7, 11) is 0. The molecule has 0 atom stereocenters. The molecule has 0 unspecified atom stereocenters. The van der Waals surface area contributed by atoms with Crippen LogP contribution >= 0.6 is 11.6 Å². The van der Waals surface area contributed by atoms with Gasteiger partial charge < -0.3 is 5.32 Å². The van der Waals surface area contributed by atoms with Gasteiger partial charge in [-0.15, -0.1) is 0 Å². The van der Waals surface area contributed by atoms with Crippen molar-refractivity contribution in [3.63, 3.8) is 0 Å². The van der Waals surface area contributed by atoms with Gasteiger partial charge in [-0.25, -0.2) is 4.39 Å². The van der Waals surface area contributed by atoms with Crippen molar-refractivity contribution < 1.29 is 14.0 Å². The molecule has 1 N–H and O–H groups in total. The van der Waals surface area contributed by atoms with Gasteiger partial charge in [0.25, 0.3) is 0 Å². The molecular formula is C9H7ClFNO2. The monoisotopic (exact) mass is 215 g/mol. The van der Waals surface area contributed by atoms with Gasteiger partial charge in [-0.1, -0.05) is 11.6 Å². The van der Waals surface area contributed by atoms with Gasteiger partial charge >= 0.3 is 0 Å². The number of carbonyl (C=O) groups excluding carboxylic acids is 2. The summed E-state index contributed by atoms with van der Waals surface area (Å²) in [4.78, 5) is 21.1. The van der Waals surface area contributed by atoms with Crippen molar-refractivity contribution in [2.75, 3.05) is 5.32 Å². The van der Waals surface area contributed by atoms with E-state index in [1.165, 1.54) is 19.1 Å². The molecule has 1 rings (SSSR count). The lowest BCUT2D eigenvalue weighted by Gasteiger charge is -2.06. The number of hydrogen-bond acceptors (Lipinski definition) is 2. The van der Waals surface area contributed by atoms with Gasteiger partial charge in [0.05, 0.1) is 16.3 Å². The Hall–Kier alpha value is -1.42. The predicted molar refractivity (Wildman–Crippen MR) is 51.1 cm³/mol. The quantitative estimate of drug-likeness (QED) is 0.770. The van der Waals surface area contributed by atoms with Crippen molar-refractivity contribution in [2.24, 2.45) is 0 Å². The van der Waals surface area contributed by atoms with Crippen LogP contribution in [0.15, 0.2) is 12.1 Å². The largest absolute Gasteiger partial charge is 0.324 e. The molecule has 1 aromatic rings. The summed E-state index contributed by atoms with van der Waals surface area (Å²) in [5, 5.41) is 2.26. The molecule has 0 aliphatic rings. The minimum atomic E-state index is -0.817. The molecule has 0 aliphatic carbocycles. The van der Waals surface area contributed by atoms with Crippen molar-refractivity contribution in [3.05, 3.63) is 28.5 Å². The van der Waals surface area contributed by atoms with Crippen LogP contribution in [0.5, 0.6) is 0 Å². The van der Waals surface area contributed by atoms with Crippen LogP contribution < -0.4 is 5.32 Å². The van der Waals surface area contributed by atoms with Crippen LogP contribution in [0, 0.1) is 5.82 Å². The van der Waals surface area contributed by atoms with E-state index in [0.29, 0.717) is 6.29 Å². The fourth-order valence-corrected chi connectivity index (χ4v) is 1.15. The van der Waals surface area contributed by atoms with E-state index in [-0.39, 0.29) is 16.3 Å². The van der Waals surface area contributed by atoms with Crippen molar-refractivity contribution in [1.29, 1.82) is 0 Å². The van der Waals surface area contributed by atoms with Gasteiger partial charge in [0.2, 0.25) is 5.91 Å². The fourth-order valence-electron chi connectivity index (χ4n) is 0.964. The summed E-state index contributed by atoms with van der Waals surface area (Å²) in [5.74, 6) is -1.23. The van der Waals surface area contributed by atoms with Crippen molar-refractivity contribution in [3.8, 4) is 0 Å². The highest BCUT2D eigenvalue weighted by atomic mass is 35.5. The molecule has 14 heavy (non-hydrogen) atoms. The molecule has 5 heteroatoms. The minimum Gasteiger partial charge on any atom is -0.324 e. The Bertz CT molecular complexity index is 393. The van der Waals surface area contributed by atoms with Crippen LogP contribution in [0.3, 0.4) is 0 Å². The lowest BCUT2D eigenvalue weighted by Crippen LogP contribution is -2.08. The number of carbonyl (C=O) groups is 2. The van der Waals surface area contributed by atoms with E-state index in [4.69, 9.17) is 11.6 Å². The summed E-state index contributed by atoms with van der Waals surface area (Å²) in [6.07, 6.45) is 0.309. The molecular weight excluding hydrogens is 209 g/mol. The molecule has 0 aliphatic heterocycles. The Kier molecular flexibility index (Phi) is 3.19. The van der Waals surface area contributed by atoms with Crippen LogP contribution in [-0.2, 0) is 4.79 Å². The summed E-state index contributed by atoms with van der Waals surface area (Å²) in [6.45, 7) is 1.24. The highest BCUT2D eigenvalue weighted by Gasteiger charge is 2.12. The smallest absolute Gasteiger partial charge is 0.221 e. The predicted octanol–water partition coefficient (Wildman–Crippen LogP) is 2.25. The molecule has 0 saturated heterocycles. The Morgan fingerprint density at radius 3 is 2.71 bits per heavy atom. The van der Waals surface area contributed by atoms with Crippen LogP contribution in [0.4, 0.5) is 10.1 Å². The van der Waals surface area contributed by atoms with Crippen LogP contribution in [0.25, 0.3) is 0 Å². The average Bonchev–Trinajstić information content (AvgIpc) is 2.10. The number of nitrogens with one attached hydrogen (secondary N) is 1. The molecule has 1 aromatic carbocycles. The first-order valence-electron chi connectivity index (χ1n) is 3.77. The molecule has 0 heterocycles. The first-order chi connectivity index (χ1) is 6.56. The number of benzene rings is 1. The molecule has 74 valence electrons. The Morgan fingerprint density at radius 1 is 1.57 bits per heavy atom. The second kappa shape index (κ2) is 4.19. The molecule has 0 radical (unpaired) electrons. The number of halogens is 2. The maximum atomic E-state index is 13.4. The first-order valence-corrected chi connectivity index (χ1v) is 4.15. The van der Waals surface area contributed by atoms with E-state index < -0.39 is 11.7 Å². The minimum absolute atomic E-state index is 0.0200. The van der Waals surface area contributed by atoms with Crippen LogP contribution in [0.1, 0.15) is 17.3 Å². The normalized spacial score (nSPS) is 9.64. The standard InChI is InChI=1S/C9H7ClFNO2/c1-5(14)12-8-3-2-7(10)6(4-13)9(8)11/h2-4H,1H3,(H,12,14).